The molecule has 10 nitrogen and oxygen atoms in total. The first-order chi connectivity index (χ1) is 19.0. The summed E-state index contributed by atoms with van der Waals surface area (Å²) < 4.78 is 21.2. The first-order valence-corrected chi connectivity index (χ1v) is 14.7. The third-order valence-corrected chi connectivity index (χ3v) is 8.74. The van der Waals surface area contributed by atoms with E-state index in [0.717, 1.165) is 49.9 Å². The number of nitrogens with zero attached hydrogens (tertiary/aromatic N) is 5. The normalized spacial score (nSPS) is 20.5. The summed E-state index contributed by atoms with van der Waals surface area (Å²) in [6.45, 7) is 5.59. The van der Waals surface area contributed by atoms with E-state index in [-0.39, 0.29) is 18.1 Å². The van der Waals surface area contributed by atoms with Crippen LogP contribution in [-0.4, -0.2) is 74.4 Å². The van der Waals surface area contributed by atoms with Gasteiger partial charge in [-0.15, -0.1) is 0 Å². The van der Waals surface area contributed by atoms with Gasteiger partial charge in [0, 0.05) is 42.5 Å². The second kappa shape index (κ2) is 11.4. The van der Waals surface area contributed by atoms with Gasteiger partial charge in [0.2, 0.25) is 5.95 Å². The highest BCUT2D eigenvalue weighted by molar-refractivity contribution is 7.82. The minimum atomic E-state index is -1.30. The maximum atomic E-state index is 13.5. The molecule has 2 atom stereocenters. The van der Waals surface area contributed by atoms with Gasteiger partial charge in [0.15, 0.2) is 11.6 Å². The van der Waals surface area contributed by atoms with Crippen LogP contribution in [0.15, 0.2) is 53.4 Å². The number of aromatic nitrogens is 3. The fourth-order valence-corrected chi connectivity index (χ4v) is 6.26. The lowest BCUT2D eigenvalue weighted by Gasteiger charge is -2.33. The smallest absolute Gasteiger partial charge is 0.319 e. The van der Waals surface area contributed by atoms with Crippen LogP contribution in [0.3, 0.4) is 0 Å². The van der Waals surface area contributed by atoms with Gasteiger partial charge in [0.25, 0.3) is 0 Å². The maximum Gasteiger partial charge on any atom is 0.319 e. The minimum absolute atomic E-state index is 0.104. The fourth-order valence-electron chi connectivity index (χ4n) is 4.85. The highest BCUT2D eigenvalue weighted by Gasteiger charge is 2.27. The second-order valence-corrected chi connectivity index (χ2v) is 11.7. The topological polar surface area (TPSA) is 113 Å². The van der Waals surface area contributed by atoms with Crippen molar-refractivity contribution in [3.63, 3.8) is 0 Å². The van der Waals surface area contributed by atoms with Gasteiger partial charge in [-0.05, 0) is 69.0 Å². The Hall–Kier alpha value is -3.41. The zero-order valence-corrected chi connectivity index (χ0v) is 22.8. The molecule has 39 heavy (non-hydrogen) atoms. The van der Waals surface area contributed by atoms with Gasteiger partial charge in [-0.2, -0.15) is 9.97 Å². The number of hydrogen-bond acceptors (Lipinski definition) is 7. The molecule has 2 unspecified atom stereocenters. The lowest BCUT2D eigenvalue weighted by Crippen LogP contribution is -2.44. The maximum absolute atomic E-state index is 13.5. The molecule has 1 aromatic heterocycles. The molecular weight excluding hydrogens is 514 g/mol. The van der Waals surface area contributed by atoms with Crippen molar-refractivity contribution in [2.24, 2.45) is 0 Å². The summed E-state index contributed by atoms with van der Waals surface area (Å²) in [6, 6.07) is 15.3. The molecule has 2 N–H and O–H groups in total. The summed E-state index contributed by atoms with van der Waals surface area (Å²) in [5.41, 5.74) is 2.23. The van der Waals surface area contributed by atoms with E-state index in [2.05, 4.69) is 22.5 Å². The molecule has 1 saturated carbocycles. The van der Waals surface area contributed by atoms with Gasteiger partial charge in [0.05, 0.1) is 24.2 Å². The summed E-state index contributed by atoms with van der Waals surface area (Å²) in [6.07, 6.45) is 4.17. The molecule has 2 amide bonds. The zero-order valence-electron chi connectivity index (χ0n) is 22.0. The van der Waals surface area contributed by atoms with Gasteiger partial charge >= 0.3 is 6.03 Å². The second-order valence-electron chi connectivity index (χ2n) is 10.2. The monoisotopic (exact) mass is 547 g/mol. The number of anilines is 2. The Balaban J connectivity index is 1.36. The number of urea groups is 1. The van der Waals surface area contributed by atoms with E-state index in [1.807, 2.05) is 52.8 Å². The van der Waals surface area contributed by atoms with Crippen molar-refractivity contribution in [3.8, 4) is 22.8 Å². The molecule has 11 heteroatoms. The van der Waals surface area contributed by atoms with Crippen LogP contribution in [0, 0.1) is 0 Å². The molecule has 2 saturated heterocycles. The van der Waals surface area contributed by atoms with Crippen molar-refractivity contribution in [3.05, 3.63) is 48.5 Å². The van der Waals surface area contributed by atoms with Crippen molar-refractivity contribution >= 4 is 28.7 Å². The average Bonchev–Trinajstić information content (AvgIpc) is 3.60. The van der Waals surface area contributed by atoms with E-state index >= 15 is 0 Å². The molecule has 3 aromatic rings. The summed E-state index contributed by atoms with van der Waals surface area (Å²) in [4.78, 5) is 29.6. The van der Waals surface area contributed by atoms with E-state index < -0.39 is 11.0 Å². The molecule has 204 valence electrons. The molecule has 6 rings (SSSR count). The number of benzene rings is 2. The van der Waals surface area contributed by atoms with Gasteiger partial charge < -0.3 is 20.3 Å². The number of amides is 2. The molecule has 3 heterocycles. The summed E-state index contributed by atoms with van der Waals surface area (Å²) in [5.74, 6) is 1.57. The van der Waals surface area contributed by atoms with Crippen molar-refractivity contribution < 1.29 is 13.7 Å². The van der Waals surface area contributed by atoms with Crippen LogP contribution in [0.1, 0.15) is 32.6 Å². The largest absolute Gasteiger partial charge is 0.377 e. The van der Waals surface area contributed by atoms with E-state index in [1.54, 1.807) is 0 Å². The molecule has 3 fully saturated rings. The first-order valence-electron chi connectivity index (χ1n) is 13.6. The predicted molar refractivity (Wildman–Crippen MR) is 151 cm³/mol. The van der Waals surface area contributed by atoms with Crippen LogP contribution < -0.4 is 15.5 Å². The molecular formula is C28H33N7O3S. The van der Waals surface area contributed by atoms with E-state index in [4.69, 9.17) is 19.7 Å². The standard InChI is InChI=1S/C28H33N7O3S/c1-19-18-38-17-16-35(19)27-32-25(20-8-10-21(11-9-20)29-28(36)30-22-12-13-22)31-26(33-27)23-6-2-3-7-24(23)39(37)34-14-4-5-15-34/h2-3,6-11,19,22H,4-5,12-18H2,1H3,(H2,29,30,36). The molecule has 1 aliphatic carbocycles. The van der Waals surface area contributed by atoms with Crippen LogP contribution in [0.25, 0.3) is 22.8 Å². The number of carbonyl (C=O) groups is 1. The number of hydrogen-bond donors (Lipinski definition) is 2. The highest BCUT2D eigenvalue weighted by Crippen LogP contribution is 2.30. The molecule has 2 aliphatic heterocycles. The average molecular weight is 548 g/mol. The Morgan fingerprint density at radius 1 is 0.974 bits per heavy atom. The lowest BCUT2D eigenvalue weighted by atomic mass is 10.1. The summed E-state index contributed by atoms with van der Waals surface area (Å²) in [5, 5.41) is 5.81. The number of morpholine rings is 1. The molecule has 2 aromatic carbocycles. The SMILES string of the molecule is CC1COCCN1c1nc(-c2ccc(NC(=O)NC3CC3)cc2)nc(-c2ccccc2S(=O)N2CCCC2)n1. The van der Waals surface area contributed by atoms with Crippen LogP contribution in [0.2, 0.25) is 0 Å². The van der Waals surface area contributed by atoms with Crippen molar-refractivity contribution in [1.29, 1.82) is 0 Å². The van der Waals surface area contributed by atoms with E-state index in [0.29, 0.717) is 47.9 Å². The third kappa shape index (κ3) is 5.95. The van der Waals surface area contributed by atoms with Crippen LogP contribution in [-0.2, 0) is 15.7 Å². The number of nitrogens with one attached hydrogen (secondary N) is 2. The van der Waals surface area contributed by atoms with Gasteiger partial charge in [-0.25, -0.2) is 18.3 Å². The minimum Gasteiger partial charge on any atom is -0.377 e. The quantitative estimate of drug-likeness (QED) is 0.462. The Morgan fingerprint density at radius 2 is 1.72 bits per heavy atom. The Labute approximate surface area is 230 Å². The lowest BCUT2D eigenvalue weighted by molar-refractivity contribution is 0.0981. The van der Waals surface area contributed by atoms with Crippen molar-refractivity contribution in [1.82, 2.24) is 24.6 Å². The Bertz CT molecular complexity index is 1360. The van der Waals surface area contributed by atoms with Crippen molar-refractivity contribution in [2.75, 3.05) is 43.1 Å². The third-order valence-electron chi connectivity index (χ3n) is 7.18. The van der Waals surface area contributed by atoms with Crippen LogP contribution in [0.5, 0.6) is 0 Å². The van der Waals surface area contributed by atoms with Gasteiger partial charge in [-0.3, -0.25) is 0 Å². The fraction of sp³-hybridized carbons (Fsp3) is 0.429. The predicted octanol–water partition coefficient (Wildman–Crippen LogP) is 3.83. The van der Waals surface area contributed by atoms with Gasteiger partial charge in [0.1, 0.15) is 11.0 Å². The van der Waals surface area contributed by atoms with E-state index in [9.17, 15) is 9.00 Å². The summed E-state index contributed by atoms with van der Waals surface area (Å²) in [7, 11) is -1.30. The summed E-state index contributed by atoms with van der Waals surface area (Å²) >= 11 is 0. The molecule has 0 bridgehead atoms. The molecule has 0 spiro atoms. The van der Waals surface area contributed by atoms with Crippen LogP contribution in [0.4, 0.5) is 16.4 Å². The zero-order chi connectivity index (χ0) is 26.8. The van der Waals surface area contributed by atoms with Crippen LogP contribution >= 0.6 is 0 Å². The Kier molecular flexibility index (Phi) is 7.53. The van der Waals surface area contributed by atoms with Crippen molar-refractivity contribution in [2.45, 2.75) is 49.6 Å². The first kappa shape index (κ1) is 25.8. The van der Waals surface area contributed by atoms with Gasteiger partial charge in [-0.1, -0.05) is 12.1 Å². The molecule has 0 radical (unpaired) electrons. The number of ether oxygens (including phenoxy) is 1. The highest BCUT2D eigenvalue weighted by atomic mass is 32.2. The number of carbonyl (C=O) groups excluding carboxylic acids is 1. The van der Waals surface area contributed by atoms with E-state index in [1.165, 1.54) is 0 Å². The number of rotatable bonds is 7. The Morgan fingerprint density at radius 3 is 2.46 bits per heavy atom. The molecule has 3 aliphatic rings.